The second-order valence-corrected chi connectivity index (χ2v) is 2.07. The maximum Gasteiger partial charge on any atom is 0.238 e. The van der Waals surface area contributed by atoms with Gasteiger partial charge in [-0.3, -0.25) is 4.79 Å². The third-order valence-corrected chi connectivity index (χ3v) is 1.40. The van der Waals surface area contributed by atoms with E-state index in [1.165, 1.54) is 0 Å². The van der Waals surface area contributed by atoms with Crippen molar-refractivity contribution in [2.45, 2.75) is 11.8 Å². The van der Waals surface area contributed by atoms with E-state index < -0.39 is 0 Å². The normalized spacial score (nSPS) is 30.4. The predicted molar refractivity (Wildman–Crippen MR) is 27.3 cm³/mol. The van der Waals surface area contributed by atoms with Gasteiger partial charge in [-0.15, -0.1) is 11.6 Å². The van der Waals surface area contributed by atoms with Crippen LogP contribution in [0.5, 0.6) is 0 Å². The molecule has 0 saturated carbocycles. The van der Waals surface area contributed by atoms with Crippen molar-refractivity contribution in [2.24, 2.45) is 0 Å². The SMILES string of the molecule is O=C1NCCC1Cl. The van der Waals surface area contributed by atoms with Gasteiger partial charge in [-0.05, 0) is 6.42 Å². The first-order valence-electron chi connectivity index (χ1n) is 2.22. The van der Waals surface area contributed by atoms with Crippen LogP contribution in [-0.2, 0) is 4.79 Å². The lowest BCUT2D eigenvalue weighted by Gasteiger charge is -1.87. The molecule has 1 atom stereocenters. The molecule has 1 heterocycles. The maximum absolute atomic E-state index is 10.3. The first-order chi connectivity index (χ1) is 3.30. The summed E-state index contributed by atoms with van der Waals surface area (Å²) in [5.41, 5.74) is 0. The Bertz CT molecular complexity index is 93.7. The summed E-state index contributed by atoms with van der Waals surface area (Å²) in [5, 5.41) is 2.33. The largest absolute Gasteiger partial charge is 0.355 e. The van der Waals surface area contributed by atoms with E-state index in [2.05, 4.69) is 5.32 Å². The van der Waals surface area contributed by atoms with Gasteiger partial charge in [0.05, 0.1) is 0 Å². The van der Waals surface area contributed by atoms with E-state index in [0.717, 1.165) is 13.0 Å². The molecule has 1 aliphatic heterocycles. The Balaban J connectivity index is 2.48. The number of amides is 1. The van der Waals surface area contributed by atoms with Gasteiger partial charge >= 0.3 is 0 Å². The Labute approximate surface area is 46.8 Å². The third kappa shape index (κ3) is 0.855. The van der Waals surface area contributed by atoms with E-state index in [1.807, 2.05) is 0 Å². The van der Waals surface area contributed by atoms with E-state index >= 15 is 0 Å². The summed E-state index contributed by atoms with van der Waals surface area (Å²) < 4.78 is 0. The Morgan fingerprint density at radius 1 is 1.86 bits per heavy atom. The van der Waals surface area contributed by atoms with Crippen molar-refractivity contribution in [3.63, 3.8) is 0 Å². The van der Waals surface area contributed by atoms with E-state index in [0.29, 0.717) is 0 Å². The molecule has 1 N–H and O–H groups in total. The standard InChI is InChI=1S/C4H6ClNO/c5-3-1-2-6-4(3)7/h3H,1-2H2,(H,6,7). The number of hydrogen-bond donors (Lipinski definition) is 1. The maximum atomic E-state index is 10.3. The van der Waals surface area contributed by atoms with Crippen LogP contribution in [-0.4, -0.2) is 17.8 Å². The smallest absolute Gasteiger partial charge is 0.238 e. The van der Waals surface area contributed by atoms with Gasteiger partial charge in [0.1, 0.15) is 5.38 Å². The van der Waals surface area contributed by atoms with Gasteiger partial charge in [-0.2, -0.15) is 0 Å². The predicted octanol–water partition coefficient (Wildman–Crippen LogP) is 0.114. The Morgan fingerprint density at radius 2 is 2.57 bits per heavy atom. The molecule has 0 bridgehead atoms. The van der Waals surface area contributed by atoms with Crippen LogP contribution in [0.1, 0.15) is 6.42 Å². The molecule has 0 aliphatic carbocycles. The Hall–Kier alpha value is -0.240. The van der Waals surface area contributed by atoms with Crippen LogP contribution in [0.3, 0.4) is 0 Å². The molecule has 0 aromatic heterocycles. The van der Waals surface area contributed by atoms with Gasteiger partial charge in [0.15, 0.2) is 0 Å². The van der Waals surface area contributed by atoms with E-state index in [9.17, 15) is 4.79 Å². The van der Waals surface area contributed by atoms with Crippen molar-refractivity contribution >= 4 is 17.5 Å². The highest BCUT2D eigenvalue weighted by Crippen LogP contribution is 2.05. The first-order valence-corrected chi connectivity index (χ1v) is 2.66. The highest BCUT2D eigenvalue weighted by Gasteiger charge is 2.20. The zero-order valence-electron chi connectivity index (χ0n) is 3.78. The summed E-state index contributed by atoms with van der Waals surface area (Å²) in [6.07, 6.45) is 0.778. The second-order valence-electron chi connectivity index (χ2n) is 1.55. The summed E-state index contributed by atoms with van der Waals surface area (Å²) in [6, 6.07) is 0. The molecule has 1 fully saturated rings. The van der Waals surface area contributed by atoms with Crippen LogP contribution >= 0.6 is 11.6 Å². The first kappa shape index (κ1) is 4.91. The van der Waals surface area contributed by atoms with Crippen molar-refractivity contribution in [3.8, 4) is 0 Å². The van der Waals surface area contributed by atoms with Gasteiger partial charge in [0, 0.05) is 6.54 Å². The number of alkyl halides is 1. The van der Waals surface area contributed by atoms with Gasteiger partial charge < -0.3 is 5.32 Å². The molecule has 0 radical (unpaired) electrons. The molecule has 40 valence electrons. The summed E-state index contributed by atoms with van der Waals surface area (Å²) in [4.78, 5) is 10.3. The summed E-state index contributed by atoms with van der Waals surface area (Å²) >= 11 is 5.45. The average molecular weight is 120 g/mol. The van der Waals surface area contributed by atoms with Gasteiger partial charge in [-0.1, -0.05) is 0 Å². The number of halogens is 1. The fourth-order valence-electron chi connectivity index (χ4n) is 0.564. The molecular formula is C4H6ClNO. The molecule has 0 spiro atoms. The van der Waals surface area contributed by atoms with Crippen LogP contribution < -0.4 is 5.32 Å². The Morgan fingerprint density at radius 3 is 2.71 bits per heavy atom. The van der Waals surface area contributed by atoms with Crippen LogP contribution in [0.15, 0.2) is 0 Å². The molecule has 0 aromatic rings. The zero-order valence-corrected chi connectivity index (χ0v) is 4.53. The fraction of sp³-hybridized carbons (Fsp3) is 0.750. The summed E-state index contributed by atoms with van der Waals surface area (Å²) in [6.45, 7) is 0.743. The second kappa shape index (κ2) is 1.70. The Kier molecular flexibility index (Phi) is 1.19. The number of rotatable bonds is 0. The monoisotopic (exact) mass is 119 g/mol. The molecule has 0 aromatic carbocycles. The highest BCUT2D eigenvalue weighted by atomic mass is 35.5. The van der Waals surface area contributed by atoms with Crippen LogP contribution in [0.2, 0.25) is 0 Å². The third-order valence-electron chi connectivity index (χ3n) is 0.982. The van der Waals surface area contributed by atoms with Crippen molar-refractivity contribution in [1.29, 1.82) is 0 Å². The van der Waals surface area contributed by atoms with Crippen LogP contribution in [0.25, 0.3) is 0 Å². The molecule has 2 nitrogen and oxygen atoms in total. The molecule has 1 aliphatic rings. The van der Waals surface area contributed by atoms with E-state index in [-0.39, 0.29) is 11.3 Å². The summed E-state index contributed by atoms with van der Waals surface area (Å²) in [5.74, 6) is -0.0262. The van der Waals surface area contributed by atoms with Crippen molar-refractivity contribution < 1.29 is 4.79 Å². The van der Waals surface area contributed by atoms with Crippen molar-refractivity contribution in [3.05, 3.63) is 0 Å². The van der Waals surface area contributed by atoms with Crippen LogP contribution in [0, 0.1) is 0 Å². The van der Waals surface area contributed by atoms with Crippen molar-refractivity contribution in [1.82, 2.24) is 5.32 Å². The molecule has 1 unspecified atom stereocenters. The quantitative estimate of drug-likeness (QED) is 0.451. The number of carbonyl (C=O) groups excluding carboxylic acids is 1. The number of carbonyl (C=O) groups is 1. The molecule has 3 heteroatoms. The molecular weight excluding hydrogens is 114 g/mol. The summed E-state index contributed by atoms with van der Waals surface area (Å²) in [7, 11) is 0. The fourth-order valence-corrected chi connectivity index (χ4v) is 0.750. The molecule has 1 rings (SSSR count). The zero-order chi connectivity index (χ0) is 5.28. The molecule has 1 saturated heterocycles. The number of hydrogen-bond acceptors (Lipinski definition) is 1. The lowest BCUT2D eigenvalue weighted by Crippen LogP contribution is -2.18. The highest BCUT2D eigenvalue weighted by molar-refractivity contribution is 6.31. The molecule has 1 amide bonds. The molecule has 7 heavy (non-hydrogen) atoms. The van der Waals surface area contributed by atoms with E-state index in [4.69, 9.17) is 11.6 Å². The van der Waals surface area contributed by atoms with Gasteiger partial charge in [-0.25, -0.2) is 0 Å². The van der Waals surface area contributed by atoms with Crippen LogP contribution in [0.4, 0.5) is 0 Å². The topological polar surface area (TPSA) is 29.1 Å². The lowest BCUT2D eigenvalue weighted by atomic mass is 10.4. The van der Waals surface area contributed by atoms with Crippen molar-refractivity contribution in [2.75, 3.05) is 6.54 Å². The van der Waals surface area contributed by atoms with E-state index in [1.54, 1.807) is 0 Å². The minimum Gasteiger partial charge on any atom is -0.355 e. The number of nitrogens with one attached hydrogen (secondary N) is 1. The van der Waals surface area contributed by atoms with Gasteiger partial charge in [0.2, 0.25) is 5.91 Å². The minimum atomic E-state index is -0.264. The van der Waals surface area contributed by atoms with Gasteiger partial charge in [0.25, 0.3) is 0 Å². The average Bonchev–Trinajstić information content (AvgIpc) is 1.91. The minimum absolute atomic E-state index is 0.0262. The lowest BCUT2D eigenvalue weighted by molar-refractivity contribution is -0.118.